The monoisotopic (exact) mass is 211 g/mol. The molecule has 1 nitrogen and oxygen atoms in total. The van der Waals surface area contributed by atoms with Crippen molar-refractivity contribution in [3.05, 3.63) is 65.7 Å². The summed E-state index contributed by atoms with van der Waals surface area (Å²) < 4.78 is 0. The zero-order valence-corrected chi connectivity index (χ0v) is 9.57. The molecule has 0 spiro atoms. The summed E-state index contributed by atoms with van der Waals surface area (Å²) in [6.07, 6.45) is 0. The molecule has 0 fully saturated rings. The molecule has 0 aliphatic carbocycles. The summed E-state index contributed by atoms with van der Waals surface area (Å²) >= 11 is 0. The smallest absolute Gasteiger partial charge is 0.120 e. The molecule has 2 aromatic carbocycles. The molecule has 2 aromatic rings. The molecular weight excluding hydrogens is 196 g/mol. The van der Waals surface area contributed by atoms with Gasteiger partial charge in [0.2, 0.25) is 0 Å². The third-order valence-electron chi connectivity index (χ3n) is 2.95. The Kier molecular flexibility index (Phi) is 2.69. The van der Waals surface area contributed by atoms with E-state index in [2.05, 4.69) is 32.0 Å². The number of hydrogen-bond acceptors (Lipinski definition) is 1. The third kappa shape index (κ3) is 1.81. The van der Waals surface area contributed by atoms with Crippen molar-refractivity contribution < 1.29 is 5.11 Å². The Morgan fingerprint density at radius 1 is 1.00 bits per heavy atom. The van der Waals surface area contributed by atoms with Crippen LogP contribution in [-0.2, 0) is 5.41 Å². The number of phenols is 1. The van der Waals surface area contributed by atoms with Gasteiger partial charge in [-0.25, -0.2) is 0 Å². The number of phenolic OH excluding ortho intramolecular Hbond substituents is 1. The molecule has 0 aliphatic rings. The Bertz CT molecular complexity index is 472. The van der Waals surface area contributed by atoms with Crippen molar-refractivity contribution in [2.24, 2.45) is 0 Å². The molecule has 16 heavy (non-hydrogen) atoms. The third-order valence-corrected chi connectivity index (χ3v) is 2.95. The molecule has 0 bridgehead atoms. The first-order chi connectivity index (χ1) is 7.62. The normalized spacial score (nSPS) is 11.4. The summed E-state index contributed by atoms with van der Waals surface area (Å²) in [6.45, 7) is 4.18. The summed E-state index contributed by atoms with van der Waals surface area (Å²) in [7, 11) is 0. The number of aromatic hydroxyl groups is 1. The second kappa shape index (κ2) is 4.01. The van der Waals surface area contributed by atoms with Gasteiger partial charge in [-0.1, -0.05) is 56.3 Å². The summed E-state index contributed by atoms with van der Waals surface area (Å²) in [5.41, 5.74) is 1.78. The van der Waals surface area contributed by atoms with Crippen molar-refractivity contribution in [1.29, 1.82) is 0 Å². The largest absolute Gasteiger partial charge is 0.508 e. The predicted molar refractivity (Wildman–Crippen MR) is 65.5 cm³/mol. The van der Waals surface area contributed by atoms with Crippen LogP contribution in [0.15, 0.2) is 48.5 Å². The lowest BCUT2D eigenvalue weighted by Gasteiger charge is -2.26. The number of rotatable bonds is 2. The maximum atomic E-state index is 9.88. The standard InChI is InChI=1S/C15H15O/c1-15(2,12-8-4-3-5-9-12)13-10-6-7-11-14(13)16/h3-9,11,16H,1-2H3. The minimum absolute atomic E-state index is 0.230. The average molecular weight is 211 g/mol. The van der Waals surface area contributed by atoms with E-state index in [9.17, 15) is 5.11 Å². The average Bonchev–Trinajstić information content (AvgIpc) is 2.30. The lowest BCUT2D eigenvalue weighted by atomic mass is 9.78. The van der Waals surface area contributed by atoms with Crippen LogP contribution >= 0.6 is 0 Å². The lowest BCUT2D eigenvalue weighted by molar-refractivity contribution is 0.453. The van der Waals surface area contributed by atoms with E-state index in [0.717, 1.165) is 5.56 Å². The fourth-order valence-corrected chi connectivity index (χ4v) is 1.93. The Morgan fingerprint density at radius 2 is 1.69 bits per heavy atom. The molecule has 0 heterocycles. The van der Waals surface area contributed by atoms with E-state index in [1.807, 2.05) is 24.3 Å². The minimum atomic E-state index is -0.230. The maximum absolute atomic E-state index is 9.88. The van der Waals surface area contributed by atoms with Gasteiger partial charge < -0.3 is 5.11 Å². The second-order valence-electron chi connectivity index (χ2n) is 4.42. The first kappa shape index (κ1) is 10.7. The van der Waals surface area contributed by atoms with Crippen LogP contribution in [0.2, 0.25) is 0 Å². The summed E-state index contributed by atoms with van der Waals surface area (Å²) in [5.74, 6) is 0.302. The Balaban J connectivity index is 2.51. The van der Waals surface area contributed by atoms with Gasteiger partial charge in [0.15, 0.2) is 0 Å². The molecule has 1 N–H and O–H groups in total. The van der Waals surface area contributed by atoms with Gasteiger partial charge in [0.25, 0.3) is 0 Å². The molecule has 1 radical (unpaired) electrons. The topological polar surface area (TPSA) is 20.2 Å². The summed E-state index contributed by atoms with van der Waals surface area (Å²) in [5, 5.41) is 9.88. The van der Waals surface area contributed by atoms with Crippen LogP contribution in [0.3, 0.4) is 0 Å². The fourth-order valence-electron chi connectivity index (χ4n) is 1.93. The molecule has 0 aromatic heterocycles. The van der Waals surface area contributed by atoms with Gasteiger partial charge in [-0.15, -0.1) is 0 Å². The Labute approximate surface area is 96.4 Å². The quantitative estimate of drug-likeness (QED) is 0.805. The first-order valence-electron chi connectivity index (χ1n) is 5.38. The van der Waals surface area contributed by atoms with E-state index >= 15 is 0 Å². The van der Waals surface area contributed by atoms with Crippen molar-refractivity contribution in [1.82, 2.24) is 0 Å². The van der Waals surface area contributed by atoms with Gasteiger partial charge >= 0.3 is 0 Å². The Hall–Kier alpha value is -1.76. The molecule has 0 saturated carbocycles. The van der Waals surface area contributed by atoms with E-state index < -0.39 is 0 Å². The molecule has 0 amide bonds. The van der Waals surface area contributed by atoms with Gasteiger partial charge in [-0.2, -0.15) is 0 Å². The van der Waals surface area contributed by atoms with Gasteiger partial charge in [0, 0.05) is 11.0 Å². The van der Waals surface area contributed by atoms with Gasteiger partial charge in [-0.05, 0) is 17.7 Å². The molecular formula is C15H15O. The van der Waals surface area contributed by atoms with Crippen molar-refractivity contribution in [2.75, 3.05) is 0 Å². The van der Waals surface area contributed by atoms with Gasteiger partial charge in [0.1, 0.15) is 5.75 Å². The molecule has 0 saturated heterocycles. The van der Waals surface area contributed by atoms with Crippen LogP contribution in [0.5, 0.6) is 5.75 Å². The van der Waals surface area contributed by atoms with E-state index in [1.54, 1.807) is 12.1 Å². The highest BCUT2D eigenvalue weighted by atomic mass is 16.3. The van der Waals surface area contributed by atoms with Crippen molar-refractivity contribution in [3.8, 4) is 5.75 Å². The number of benzene rings is 2. The van der Waals surface area contributed by atoms with Crippen molar-refractivity contribution in [3.63, 3.8) is 0 Å². The van der Waals surface area contributed by atoms with Gasteiger partial charge in [-0.3, -0.25) is 0 Å². The van der Waals surface area contributed by atoms with E-state index in [1.165, 1.54) is 5.56 Å². The summed E-state index contributed by atoms with van der Waals surface area (Å²) in [6, 6.07) is 18.6. The SMILES string of the molecule is CC(C)(c1ccccc1)c1[c]cccc1O. The van der Waals surface area contributed by atoms with Crippen LogP contribution in [0.25, 0.3) is 0 Å². The van der Waals surface area contributed by atoms with Crippen molar-refractivity contribution >= 4 is 0 Å². The van der Waals surface area contributed by atoms with E-state index in [-0.39, 0.29) is 5.41 Å². The minimum Gasteiger partial charge on any atom is -0.508 e. The van der Waals surface area contributed by atoms with Crippen LogP contribution in [-0.4, -0.2) is 5.11 Å². The van der Waals surface area contributed by atoms with Crippen LogP contribution in [0.1, 0.15) is 25.0 Å². The van der Waals surface area contributed by atoms with Crippen molar-refractivity contribution in [2.45, 2.75) is 19.3 Å². The molecule has 81 valence electrons. The maximum Gasteiger partial charge on any atom is 0.120 e. The fraction of sp³-hybridized carbons (Fsp3) is 0.200. The zero-order valence-electron chi connectivity index (χ0n) is 9.57. The van der Waals surface area contributed by atoms with E-state index in [4.69, 9.17) is 0 Å². The van der Waals surface area contributed by atoms with Gasteiger partial charge in [0.05, 0.1) is 0 Å². The molecule has 0 aliphatic heterocycles. The van der Waals surface area contributed by atoms with Crippen LogP contribution < -0.4 is 0 Å². The lowest BCUT2D eigenvalue weighted by Crippen LogP contribution is -2.18. The van der Waals surface area contributed by atoms with Crippen LogP contribution in [0, 0.1) is 6.07 Å². The highest BCUT2D eigenvalue weighted by Crippen LogP contribution is 2.35. The first-order valence-corrected chi connectivity index (χ1v) is 5.38. The summed E-state index contributed by atoms with van der Waals surface area (Å²) in [4.78, 5) is 0. The number of hydrogen-bond donors (Lipinski definition) is 1. The highest BCUT2D eigenvalue weighted by Gasteiger charge is 2.25. The second-order valence-corrected chi connectivity index (χ2v) is 4.42. The molecule has 2 rings (SSSR count). The molecule has 1 heteroatoms. The Morgan fingerprint density at radius 3 is 2.31 bits per heavy atom. The molecule has 0 unspecified atom stereocenters. The predicted octanol–water partition coefficient (Wildman–Crippen LogP) is 3.52. The molecule has 0 atom stereocenters. The van der Waals surface area contributed by atoms with Crippen LogP contribution in [0.4, 0.5) is 0 Å². The highest BCUT2D eigenvalue weighted by molar-refractivity contribution is 5.44. The zero-order chi connectivity index (χ0) is 11.6. The van der Waals surface area contributed by atoms with E-state index in [0.29, 0.717) is 5.75 Å².